The Morgan fingerprint density at radius 1 is 1.12 bits per heavy atom. The van der Waals surface area contributed by atoms with Crippen LogP contribution in [-0.4, -0.2) is 37.4 Å². The van der Waals surface area contributed by atoms with Gasteiger partial charge in [0, 0.05) is 25.2 Å². The number of aliphatic imine (C=N–C) groups is 1. The van der Waals surface area contributed by atoms with Crippen molar-refractivity contribution in [3.63, 3.8) is 0 Å². The van der Waals surface area contributed by atoms with Crippen molar-refractivity contribution in [2.24, 2.45) is 16.6 Å². The van der Waals surface area contributed by atoms with Crippen LogP contribution in [0.1, 0.15) is 48.5 Å². The fourth-order valence-corrected chi connectivity index (χ4v) is 3.02. The van der Waals surface area contributed by atoms with E-state index in [2.05, 4.69) is 27.9 Å². The first kappa shape index (κ1) is 19.8. The molecule has 1 aromatic carbocycles. The second-order valence-corrected chi connectivity index (χ2v) is 6.87. The summed E-state index contributed by atoms with van der Waals surface area (Å²) in [5, 5.41) is 9.26. The second kappa shape index (κ2) is 9.79. The molecular formula is C19H29N5O2. The number of nitrogens with one attached hydrogen (secondary N) is 3. The summed E-state index contributed by atoms with van der Waals surface area (Å²) in [6.07, 6.45) is 4.87. The van der Waals surface area contributed by atoms with E-state index in [-0.39, 0.29) is 12.5 Å². The minimum Gasteiger partial charge on any atom is -0.368 e. The van der Waals surface area contributed by atoms with E-state index in [9.17, 15) is 9.59 Å². The molecule has 0 radical (unpaired) electrons. The topological polar surface area (TPSA) is 109 Å². The molecule has 2 amide bonds. The predicted molar refractivity (Wildman–Crippen MR) is 103 cm³/mol. The summed E-state index contributed by atoms with van der Waals surface area (Å²) in [7, 11) is 1.77. The highest BCUT2D eigenvalue weighted by atomic mass is 16.2. The molecule has 26 heavy (non-hydrogen) atoms. The Bertz CT molecular complexity index is 634. The smallest absolute Gasteiger partial charge is 0.251 e. The minimum absolute atomic E-state index is 0.163. The molecule has 1 aliphatic rings. The number of rotatable bonds is 6. The lowest BCUT2D eigenvalue weighted by atomic mass is 9.87. The molecule has 7 heteroatoms. The molecular weight excluding hydrogens is 330 g/mol. The SMILES string of the molecule is CN=C(NCc1ccc(C(=O)NCC(N)=O)cc1)NC1CCC(C)CC1. The number of nitrogens with two attached hydrogens (primary N) is 1. The minimum atomic E-state index is -0.564. The van der Waals surface area contributed by atoms with Crippen LogP contribution in [0.4, 0.5) is 0 Å². The maximum Gasteiger partial charge on any atom is 0.251 e. The van der Waals surface area contributed by atoms with Crippen molar-refractivity contribution in [1.82, 2.24) is 16.0 Å². The Morgan fingerprint density at radius 2 is 1.77 bits per heavy atom. The van der Waals surface area contributed by atoms with Gasteiger partial charge in [-0.25, -0.2) is 0 Å². The summed E-state index contributed by atoms with van der Waals surface area (Å²) < 4.78 is 0. The lowest BCUT2D eigenvalue weighted by molar-refractivity contribution is -0.117. The third kappa shape index (κ3) is 6.38. The average molecular weight is 359 g/mol. The van der Waals surface area contributed by atoms with Crippen LogP contribution < -0.4 is 21.7 Å². The molecule has 7 nitrogen and oxygen atoms in total. The number of nitrogens with zero attached hydrogens (tertiary/aromatic N) is 1. The van der Waals surface area contributed by atoms with E-state index < -0.39 is 5.91 Å². The number of guanidine groups is 1. The Kier molecular flexibility index (Phi) is 7.44. The van der Waals surface area contributed by atoms with Crippen LogP contribution in [-0.2, 0) is 11.3 Å². The second-order valence-electron chi connectivity index (χ2n) is 6.87. The van der Waals surface area contributed by atoms with Gasteiger partial charge in [0.1, 0.15) is 0 Å². The molecule has 0 bridgehead atoms. The molecule has 0 heterocycles. The summed E-state index contributed by atoms with van der Waals surface area (Å²) in [6.45, 7) is 2.76. The van der Waals surface area contributed by atoms with Crippen LogP contribution >= 0.6 is 0 Å². The van der Waals surface area contributed by atoms with Crippen molar-refractivity contribution in [3.8, 4) is 0 Å². The van der Waals surface area contributed by atoms with Gasteiger partial charge in [0.15, 0.2) is 5.96 Å². The van der Waals surface area contributed by atoms with Gasteiger partial charge in [0.25, 0.3) is 5.91 Å². The molecule has 5 N–H and O–H groups in total. The third-order valence-electron chi connectivity index (χ3n) is 4.68. The van der Waals surface area contributed by atoms with Gasteiger partial charge >= 0.3 is 0 Å². The van der Waals surface area contributed by atoms with Crippen LogP contribution in [0.25, 0.3) is 0 Å². The highest BCUT2D eigenvalue weighted by Gasteiger charge is 2.18. The molecule has 142 valence electrons. The molecule has 0 atom stereocenters. The highest BCUT2D eigenvalue weighted by molar-refractivity contribution is 5.96. The molecule has 0 saturated heterocycles. The standard InChI is InChI=1S/C19H29N5O2/c1-13-3-9-16(10-4-13)24-19(21-2)23-11-14-5-7-15(8-6-14)18(26)22-12-17(20)25/h5-8,13,16H,3-4,9-12H2,1-2H3,(H2,20,25)(H,22,26)(H2,21,23,24). The van der Waals surface area contributed by atoms with Crippen molar-refractivity contribution in [2.75, 3.05) is 13.6 Å². The number of primary amides is 1. The molecule has 1 fully saturated rings. The van der Waals surface area contributed by atoms with Gasteiger partial charge in [0.2, 0.25) is 5.91 Å². The fraction of sp³-hybridized carbons (Fsp3) is 0.526. The highest BCUT2D eigenvalue weighted by Crippen LogP contribution is 2.23. The predicted octanol–water partition coefficient (Wildman–Crippen LogP) is 1.15. The van der Waals surface area contributed by atoms with E-state index in [0.717, 1.165) is 17.4 Å². The van der Waals surface area contributed by atoms with Crippen molar-refractivity contribution < 1.29 is 9.59 Å². The van der Waals surface area contributed by atoms with Crippen molar-refractivity contribution in [2.45, 2.75) is 45.2 Å². The maximum atomic E-state index is 11.9. The first-order chi connectivity index (χ1) is 12.5. The maximum absolute atomic E-state index is 11.9. The summed E-state index contributed by atoms with van der Waals surface area (Å²) in [5.41, 5.74) is 6.55. The number of amides is 2. The summed E-state index contributed by atoms with van der Waals surface area (Å²) in [5.74, 6) is 0.743. The summed E-state index contributed by atoms with van der Waals surface area (Å²) in [4.78, 5) is 26.9. The molecule has 1 aromatic rings. The largest absolute Gasteiger partial charge is 0.368 e. The van der Waals surface area contributed by atoms with E-state index in [1.165, 1.54) is 25.7 Å². The van der Waals surface area contributed by atoms with Crippen molar-refractivity contribution >= 4 is 17.8 Å². The van der Waals surface area contributed by atoms with Gasteiger partial charge in [-0.1, -0.05) is 19.1 Å². The zero-order valence-electron chi connectivity index (χ0n) is 15.5. The molecule has 0 aliphatic heterocycles. The van der Waals surface area contributed by atoms with E-state index in [1.54, 1.807) is 19.2 Å². The number of hydrogen-bond donors (Lipinski definition) is 4. The first-order valence-corrected chi connectivity index (χ1v) is 9.10. The molecule has 1 saturated carbocycles. The monoisotopic (exact) mass is 359 g/mol. The quantitative estimate of drug-likeness (QED) is 0.451. The van der Waals surface area contributed by atoms with E-state index >= 15 is 0 Å². The lowest BCUT2D eigenvalue weighted by Crippen LogP contribution is -2.44. The van der Waals surface area contributed by atoms with Crippen molar-refractivity contribution in [1.29, 1.82) is 0 Å². The van der Waals surface area contributed by atoms with Gasteiger partial charge in [-0.05, 0) is 49.3 Å². The first-order valence-electron chi connectivity index (χ1n) is 9.10. The molecule has 0 aromatic heterocycles. The zero-order chi connectivity index (χ0) is 18.9. The van der Waals surface area contributed by atoms with Gasteiger partial charge in [-0.2, -0.15) is 0 Å². The summed E-state index contributed by atoms with van der Waals surface area (Å²) in [6, 6.07) is 7.69. The van der Waals surface area contributed by atoms with Gasteiger partial charge < -0.3 is 21.7 Å². The zero-order valence-corrected chi connectivity index (χ0v) is 15.5. The number of carbonyl (C=O) groups is 2. The molecule has 0 unspecified atom stereocenters. The van der Waals surface area contributed by atoms with Crippen LogP contribution in [0.2, 0.25) is 0 Å². The summed E-state index contributed by atoms with van der Waals surface area (Å²) >= 11 is 0. The Labute approximate surface area is 154 Å². The van der Waals surface area contributed by atoms with Gasteiger partial charge in [0.05, 0.1) is 6.54 Å². The number of hydrogen-bond acceptors (Lipinski definition) is 3. The Balaban J connectivity index is 1.80. The van der Waals surface area contributed by atoms with Crippen molar-refractivity contribution in [3.05, 3.63) is 35.4 Å². The molecule has 2 rings (SSSR count). The lowest BCUT2D eigenvalue weighted by Gasteiger charge is -2.28. The normalized spacial score (nSPS) is 20.3. The van der Waals surface area contributed by atoms with Crippen LogP contribution in [0.15, 0.2) is 29.3 Å². The average Bonchev–Trinajstić information content (AvgIpc) is 2.65. The van der Waals surface area contributed by atoms with E-state index in [1.807, 2.05) is 12.1 Å². The Morgan fingerprint density at radius 3 is 2.35 bits per heavy atom. The van der Waals surface area contributed by atoms with E-state index in [4.69, 9.17) is 5.73 Å². The van der Waals surface area contributed by atoms with E-state index in [0.29, 0.717) is 18.2 Å². The Hall–Kier alpha value is -2.57. The van der Waals surface area contributed by atoms with Gasteiger partial charge in [-0.3, -0.25) is 14.6 Å². The third-order valence-corrected chi connectivity index (χ3v) is 4.68. The van der Waals surface area contributed by atoms with Crippen LogP contribution in [0.5, 0.6) is 0 Å². The fourth-order valence-electron chi connectivity index (χ4n) is 3.02. The van der Waals surface area contributed by atoms with Crippen LogP contribution in [0.3, 0.4) is 0 Å². The number of carbonyl (C=O) groups excluding carboxylic acids is 2. The molecule has 1 aliphatic carbocycles. The number of benzene rings is 1. The van der Waals surface area contributed by atoms with Crippen LogP contribution in [0, 0.1) is 5.92 Å². The molecule has 0 spiro atoms. The van der Waals surface area contributed by atoms with Gasteiger partial charge in [-0.15, -0.1) is 0 Å².